The summed E-state index contributed by atoms with van der Waals surface area (Å²) in [4.78, 5) is 2.43. The number of hydrogen-bond donors (Lipinski definition) is 0. The second-order valence-corrected chi connectivity index (χ2v) is 16.4. The normalized spacial score (nSPS) is 11.4. The van der Waals surface area contributed by atoms with Gasteiger partial charge >= 0.3 is 0 Å². The molecule has 0 N–H and O–H groups in total. The molecule has 0 saturated heterocycles. The molecule has 0 radical (unpaired) electrons. The van der Waals surface area contributed by atoms with Gasteiger partial charge in [-0.1, -0.05) is 200 Å². The molecule has 0 bridgehead atoms. The van der Waals surface area contributed by atoms with Crippen molar-refractivity contribution in [1.82, 2.24) is 0 Å². The van der Waals surface area contributed by atoms with E-state index in [9.17, 15) is 0 Å². The molecule has 0 aliphatic heterocycles. The molecule has 12 rings (SSSR count). The van der Waals surface area contributed by atoms with Gasteiger partial charge in [0, 0.05) is 16.6 Å². The molecule has 0 aliphatic rings. The topological polar surface area (TPSA) is 16.4 Å². The molecule has 0 amide bonds. The van der Waals surface area contributed by atoms with Gasteiger partial charge in [-0.2, -0.15) is 0 Å². The molecule has 0 atom stereocenters. The zero-order valence-corrected chi connectivity index (χ0v) is 35.0. The van der Waals surface area contributed by atoms with Crippen molar-refractivity contribution in [2.45, 2.75) is 0 Å². The molecule has 12 aromatic rings. The van der Waals surface area contributed by atoms with Crippen molar-refractivity contribution >= 4 is 60.5 Å². The summed E-state index contributed by atoms with van der Waals surface area (Å²) in [7, 11) is 0. The molecule has 2 heteroatoms. The summed E-state index contributed by atoms with van der Waals surface area (Å²) in [5.74, 6) is 0. The highest BCUT2D eigenvalue weighted by molar-refractivity contribution is 6.22. The highest BCUT2D eigenvalue weighted by atomic mass is 16.3. The Balaban J connectivity index is 1.11. The monoisotopic (exact) mass is 815 g/mol. The standard InChI is InChI=1S/C62H41NO/c1-5-19-42(20-6-1)47-36-38-56(54(40-47)43-21-7-2-8-22-43)63(57-32-18-34-59-62(57)53-31-15-16-33-58(53)64-59)49-28-17-27-46(39-49)48-35-37-51-50-29-13-14-30-52(50)60(44-23-9-3-10-24-44)61(55(51)41-48)45-25-11-4-12-26-45/h1-41H. The molecular weight excluding hydrogens is 775 g/mol. The maximum Gasteiger partial charge on any atom is 0.137 e. The van der Waals surface area contributed by atoms with E-state index in [-0.39, 0.29) is 0 Å². The summed E-state index contributed by atoms with van der Waals surface area (Å²) in [5, 5.41) is 7.12. The van der Waals surface area contributed by atoms with Crippen molar-refractivity contribution in [3.63, 3.8) is 0 Å². The summed E-state index contributed by atoms with van der Waals surface area (Å²) in [6.07, 6.45) is 0. The molecule has 11 aromatic carbocycles. The van der Waals surface area contributed by atoms with E-state index in [1.165, 1.54) is 49.4 Å². The zero-order chi connectivity index (χ0) is 42.4. The van der Waals surface area contributed by atoms with Gasteiger partial charge in [0.15, 0.2) is 0 Å². The number of hydrogen-bond acceptors (Lipinski definition) is 2. The highest BCUT2D eigenvalue weighted by Crippen LogP contribution is 2.49. The Morgan fingerprint density at radius 3 is 1.48 bits per heavy atom. The first-order chi connectivity index (χ1) is 31.8. The molecule has 0 aliphatic carbocycles. The van der Waals surface area contributed by atoms with E-state index in [2.05, 4.69) is 248 Å². The first-order valence-electron chi connectivity index (χ1n) is 21.9. The number of rotatable bonds is 8. The molecule has 300 valence electrons. The molecule has 2 nitrogen and oxygen atoms in total. The van der Waals surface area contributed by atoms with Crippen LogP contribution < -0.4 is 4.90 Å². The number of furan rings is 1. The third kappa shape index (κ3) is 6.44. The second-order valence-electron chi connectivity index (χ2n) is 16.4. The minimum absolute atomic E-state index is 0.853. The van der Waals surface area contributed by atoms with Crippen molar-refractivity contribution in [2.24, 2.45) is 0 Å². The van der Waals surface area contributed by atoms with Crippen molar-refractivity contribution in [2.75, 3.05) is 4.90 Å². The molecule has 1 heterocycles. The molecule has 0 unspecified atom stereocenters. The van der Waals surface area contributed by atoms with Gasteiger partial charge in [0.05, 0.1) is 16.8 Å². The van der Waals surface area contributed by atoms with Crippen molar-refractivity contribution in [3.05, 3.63) is 249 Å². The van der Waals surface area contributed by atoms with Crippen LogP contribution in [0.5, 0.6) is 0 Å². The molecule has 1 aromatic heterocycles. The lowest BCUT2D eigenvalue weighted by atomic mass is 9.84. The Hall–Kier alpha value is -8.46. The van der Waals surface area contributed by atoms with Crippen LogP contribution in [0, 0.1) is 0 Å². The van der Waals surface area contributed by atoms with Gasteiger partial charge in [0.2, 0.25) is 0 Å². The quantitative estimate of drug-likeness (QED) is 0.142. The predicted octanol–water partition coefficient (Wildman–Crippen LogP) is 17.7. The van der Waals surface area contributed by atoms with Gasteiger partial charge in [-0.05, 0) is 120 Å². The Morgan fingerprint density at radius 2 is 0.766 bits per heavy atom. The zero-order valence-electron chi connectivity index (χ0n) is 35.0. The fraction of sp³-hybridized carbons (Fsp3) is 0. The van der Waals surface area contributed by atoms with Crippen LogP contribution in [0.2, 0.25) is 0 Å². The van der Waals surface area contributed by atoms with Crippen LogP contribution in [0.3, 0.4) is 0 Å². The van der Waals surface area contributed by atoms with E-state index in [0.717, 1.165) is 66.8 Å². The van der Waals surface area contributed by atoms with E-state index in [1.807, 2.05) is 6.07 Å². The fourth-order valence-electron chi connectivity index (χ4n) is 9.75. The summed E-state index contributed by atoms with van der Waals surface area (Å²) >= 11 is 0. The Kier molecular flexibility index (Phi) is 9.20. The maximum absolute atomic E-state index is 6.53. The molecule has 0 fully saturated rings. The summed E-state index contributed by atoms with van der Waals surface area (Å²) in [6.45, 7) is 0. The minimum Gasteiger partial charge on any atom is -0.456 e. The fourth-order valence-corrected chi connectivity index (χ4v) is 9.75. The van der Waals surface area contributed by atoms with Gasteiger partial charge in [-0.15, -0.1) is 0 Å². The average Bonchev–Trinajstić information content (AvgIpc) is 3.77. The van der Waals surface area contributed by atoms with Crippen LogP contribution in [-0.4, -0.2) is 0 Å². The number of anilines is 3. The molecule has 0 spiro atoms. The van der Waals surface area contributed by atoms with Crippen LogP contribution in [0.4, 0.5) is 17.1 Å². The number of para-hydroxylation sites is 1. The summed E-state index contributed by atoms with van der Waals surface area (Å²) in [5.41, 5.74) is 16.7. The van der Waals surface area contributed by atoms with Crippen LogP contribution >= 0.6 is 0 Å². The van der Waals surface area contributed by atoms with Gasteiger partial charge in [-0.3, -0.25) is 0 Å². The van der Waals surface area contributed by atoms with E-state index in [4.69, 9.17) is 4.42 Å². The maximum atomic E-state index is 6.53. The van der Waals surface area contributed by atoms with Crippen molar-refractivity contribution < 1.29 is 4.42 Å². The van der Waals surface area contributed by atoms with Gasteiger partial charge in [-0.25, -0.2) is 0 Å². The van der Waals surface area contributed by atoms with Crippen LogP contribution in [-0.2, 0) is 0 Å². The SMILES string of the molecule is c1ccc(-c2ccc(N(c3cccc(-c4ccc5c(c4)c(-c4ccccc4)c(-c4ccccc4)c4ccccc45)c3)c3cccc4oc5ccccc5c34)c(-c3ccccc3)c2)cc1. The van der Waals surface area contributed by atoms with Crippen LogP contribution in [0.15, 0.2) is 253 Å². The number of fused-ring (bicyclic) bond motifs is 6. The van der Waals surface area contributed by atoms with Gasteiger partial charge in [0.25, 0.3) is 0 Å². The minimum atomic E-state index is 0.853. The third-order valence-corrected chi connectivity index (χ3v) is 12.6. The molecule has 64 heavy (non-hydrogen) atoms. The van der Waals surface area contributed by atoms with E-state index < -0.39 is 0 Å². The van der Waals surface area contributed by atoms with E-state index in [0.29, 0.717) is 0 Å². The van der Waals surface area contributed by atoms with Gasteiger partial charge in [0.1, 0.15) is 11.2 Å². The van der Waals surface area contributed by atoms with Crippen molar-refractivity contribution in [3.8, 4) is 55.6 Å². The average molecular weight is 816 g/mol. The van der Waals surface area contributed by atoms with E-state index >= 15 is 0 Å². The Morgan fingerprint density at radius 1 is 0.266 bits per heavy atom. The Bertz CT molecular complexity index is 3650. The third-order valence-electron chi connectivity index (χ3n) is 12.6. The second kappa shape index (κ2) is 15.8. The largest absolute Gasteiger partial charge is 0.456 e. The number of nitrogens with zero attached hydrogens (tertiary/aromatic N) is 1. The highest BCUT2D eigenvalue weighted by Gasteiger charge is 2.24. The number of benzene rings is 11. The van der Waals surface area contributed by atoms with E-state index in [1.54, 1.807) is 0 Å². The first-order valence-corrected chi connectivity index (χ1v) is 21.9. The summed E-state index contributed by atoms with van der Waals surface area (Å²) < 4.78 is 6.53. The summed E-state index contributed by atoms with van der Waals surface area (Å²) in [6, 6.07) is 89.7. The van der Waals surface area contributed by atoms with Crippen LogP contribution in [0.1, 0.15) is 0 Å². The lowest BCUT2D eigenvalue weighted by molar-refractivity contribution is 0.669. The van der Waals surface area contributed by atoms with Crippen molar-refractivity contribution in [1.29, 1.82) is 0 Å². The van der Waals surface area contributed by atoms with Gasteiger partial charge < -0.3 is 9.32 Å². The lowest BCUT2D eigenvalue weighted by Gasteiger charge is -2.29. The molecular formula is C62H41NO. The lowest BCUT2D eigenvalue weighted by Crippen LogP contribution is -2.12. The smallest absolute Gasteiger partial charge is 0.137 e. The Labute approximate surface area is 372 Å². The molecule has 0 saturated carbocycles. The first kappa shape index (κ1) is 37.3. The van der Waals surface area contributed by atoms with Crippen LogP contribution in [0.25, 0.3) is 99.1 Å². The predicted molar refractivity (Wildman–Crippen MR) is 271 cm³/mol.